The highest BCUT2D eigenvalue weighted by atomic mass is 35.5. The second kappa shape index (κ2) is 7.83. The van der Waals surface area contributed by atoms with E-state index in [1.54, 1.807) is 6.07 Å². The van der Waals surface area contributed by atoms with Gasteiger partial charge in [-0.3, -0.25) is 4.68 Å². The number of rotatable bonds is 7. The van der Waals surface area contributed by atoms with Gasteiger partial charge in [0.2, 0.25) is 0 Å². The van der Waals surface area contributed by atoms with Gasteiger partial charge in [0.25, 0.3) is 0 Å². The molecule has 1 N–H and O–H groups in total. The van der Waals surface area contributed by atoms with Gasteiger partial charge in [-0.25, -0.2) is 0 Å². The molecule has 0 saturated carbocycles. The quantitative estimate of drug-likeness (QED) is 0.812. The number of hydrogen-bond acceptors (Lipinski definition) is 2. The maximum atomic E-state index is 6.29. The molecule has 0 aliphatic rings. The summed E-state index contributed by atoms with van der Waals surface area (Å²) in [6, 6.07) is 5.89. The van der Waals surface area contributed by atoms with Crippen molar-refractivity contribution in [2.75, 3.05) is 6.54 Å². The maximum absolute atomic E-state index is 6.29. The molecule has 0 amide bonds. The number of benzene rings is 1. The van der Waals surface area contributed by atoms with Crippen LogP contribution in [0.2, 0.25) is 10.0 Å². The van der Waals surface area contributed by atoms with Gasteiger partial charge >= 0.3 is 0 Å². The molecule has 1 unspecified atom stereocenters. The van der Waals surface area contributed by atoms with Crippen LogP contribution < -0.4 is 5.32 Å². The first-order valence-electron chi connectivity index (χ1n) is 7.33. The minimum Gasteiger partial charge on any atom is -0.310 e. The standard InChI is InChI=1S/C16H21Cl2N3/c1-3-7-19-16(13-10-20-21(4-2)11-13)8-12-5-6-14(17)9-15(12)18/h5-6,9-11,16,19H,3-4,7-8H2,1-2H3. The lowest BCUT2D eigenvalue weighted by atomic mass is 10.0. The number of aryl methyl sites for hydroxylation is 1. The summed E-state index contributed by atoms with van der Waals surface area (Å²) >= 11 is 12.3. The molecular formula is C16H21Cl2N3. The summed E-state index contributed by atoms with van der Waals surface area (Å²) in [6.07, 6.45) is 5.94. The molecule has 2 aromatic rings. The van der Waals surface area contributed by atoms with Crippen molar-refractivity contribution in [2.45, 2.75) is 39.3 Å². The lowest BCUT2D eigenvalue weighted by Gasteiger charge is -2.18. The Morgan fingerprint density at radius 2 is 2.10 bits per heavy atom. The summed E-state index contributed by atoms with van der Waals surface area (Å²) in [5.74, 6) is 0. The number of hydrogen-bond donors (Lipinski definition) is 1. The Kier molecular flexibility index (Phi) is 6.09. The number of halogens is 2. The number of nitrogens with zero attached hydrogens (tertiary/aromatic N) is 2. The van der Waals surface area contributed by atoms with Crippen LogP contribution in [0, 0.1) is 0 Å². The van der Waals surface area contributed by atoms with Crippen LogP contribution >= 0.6 is 23.2 Å². The molecule has 3 nitrogen and oxygen atoms in total. The second-order valence-corrected chi connectivity index (χ2v) is 5.92. The van der Waals surface area contributed by atoms with Crippen LogP contribution in [0.25, 0.3) is 0 Å². The van der Waals surface area contributed by atoms with Crippen molar-refractivity contribution in [2.24, 2.45) is 0 Å². The largest absolute Gasteiger partial charge is 0.310 e. The molecule has 0 bridgehead atoms. The maximum Gasteiger partial charge on any atom is 0.0537 e. The van der Waals surface area contributed by atoms with Crippen molar-refractivity contribution < 1.29 is 0 Å². The summed E-state index contributed by atoms with van der Waals surface area (Å²) in [6.45, 7) is 6.09. The second-order valence-electron chi connectivity index (χ2n) is 5.08. The fourth-order valence-corrected chi connectivity index (χ4v) is 2.75. The number of nitrogens with one attached hydrogen (secondary N) is 1. The van der Waals surface area contributed by atoms with Gasteiger partial charge in [0.15, 0.2) is 0 Å². The average molecular weight is 326 g/mol. The average Bonchev–Trinajstić information content (AvgIpc) is 2.94. The van der Waals surface area contributed by atoms with E-state index >= 15 is 0 Å². The van der Waals surface area contributed by atoms with Gasteiger partial charge in [0, 0.05) is 34.4 Å². The normalized spacial score (nSPS) is 12.6. The third-order valence-corrected chi connectivity index (χ3v) is 4.05. The van der Waals surface area contributed by atoms with Crippen LogP contribution in [0.3, 0.4) is 0 Å². The molecule has 114 valence electrons. The zero-order chi connectivity index (χ0) is 15.2. The van der Waals surface area contributed by atoms with Crippen molar-refractivity contribution in [3.8, 4) is 0 Å². The van der Waals surface area contributed by atoms with Crippen molar-refractivity contribution >= 4 is 23.2 Å². The van der Waals surface area contributed by atoms with Gasteiger partial charge in [0.1, 0.15) is 0 Å². The van der Waals surface area contributed by atoms with Crippen LogP contribution in [0.1, 0.15) is 37.4 Å². The van der Waals surface area contributed by atoms with Crippen molar-refractivity contribution in [3.63, 3.8) is 0 Å². The minimum absolute atomic E-state index is 0.212. The van der Waals surface area contributed by atoms with Crippen molar-refractivity contribution in [1.82, 2.24) is 15.1 Å². The molecule has 1 aromatic heterocycles. The SMILES string of the molecule is CCCNC(Cc1ccc(Cl)cc1Cl)c1cnn(CC)c1. The smallest absolute Gasteiger partial charge is 0.0537 e. The van der Waals surface area contributed by atoms with Gasteiger partial charge in [-0.2, -0.15) is 5.10 Å². The van der Waals surface area contributed by atoms with Crippen molar-refractivity contribution in [1.29, 1.82) is 0 Å². The third-order valence-electron chi connectivity index (χ3n) is 3.46. The van der Waals surface area contributed by atoms with E-state index in [1.165, 1.54) is 5.56 Å². The van der Waals surface area contributed by atoms with Crippen LogP contribution in [-0.4, -0.2) is 16.3 Å². The van der Waals surface area contributed by atoms with E-state index in [9.17, 15) is 0 Å². The highest BCUT2D eigenvalue weighted by Gasteiger charge is 2.15. The molecule has 0 aliphatic heterocycles. The first kappa shape index (κ1) is 16.3. The Labute approximate surface area is 136 Å². The van der Waals surface area contributed by atoms with E-state index in [0.717, 1.165) is 31.5 Å². The molecule has 0 spiro atoms. The zero-order valence-electron chi connectivity index (χ0n) is 12.4. The predicted molar refractivity (Wildman–Crippen MR) is 89.1 cm³/mol. The lowest BCUT2D eigenvalue weighted by molar-refractivity contribution is 0.528. The molecule has 2 rings (SSSR count). The summed E-state index contributed by atoms with van der Waals surface area (Å²) in [4.78, 5) is 0. The Bertz CT molecular complexity index is 581. The molecule has 0 saturated heterocycles. The highest BCUT2D eigenvalue weighted by molar-refractivity contribution is 6.35. The molecule has 21 heavy (non-hydrogen) atoms. The van der Waals surface area contributed by atoms with Gasteiger partial charge in [0.05, 0.1) is 6.20 Å². The van der Waals surface area contributed by atoms with Crippen LogP contribution in [0.5, 0.6) is 0 Å². The van der Waals surface area contributed by atoms with E-state index < -0.39 is 0 Å². The molecule has 1 atom stereocenters. The van der Waals surface area contributed by atoms with E-state index in [-0.39, 0.29) is 6.04 Å². The highest BCUT2D eigenvalue weighted by Crippen LogP contribution is 2.26. The molecule has 0 radical (unpaired) electrons. The first-order chi connectivity index (χ1) is 10.1. The predicted octanol–water partition coefficient (Wildman–Crippen LogP) is 4.49. The van der Waals surface area contributed by atoms with Gasteiger partial charge in [-0.05, 0) is 44.0 Å². The van der Waals surface area contributed by atoms with Crippen LogP contribution in [0.4, 0.5) is 0 Å². The first-order valence-corrected chi connectivity index (χ1v) is 8.09. The topological polar surface area (TPSA) is 29.9 Å². The molecule has 5 heteroatoms. The zero-order valence-corrected chi connectivity index (χ0v) is 14.0. The third kappa shape index (κ3) is 4.47. The summed E-state index contributed by atoms with van der Waals surface area (Å²) in [7, 11) is 0. The van der Waals surface area contributed by atoms with Gasteiger partial charge < -0.3 is 5.32 Å². The van der Waals surface area contributed by atoms with Gasteiger partial charge in [-0.1, -0.05) is 36.2 Å². The van der Waals surface area contributed by atoms with E-state index in [4.69, 9.17) is 23.2 Å². The van der Waals surface area contributed by atoms with Crippen molar-refractivity contribution in [3.05, 3.63) is 51.8 Å². The van der Waals surface area contributed by atoms with E-state index in [1.807, 2.05) is 23.0 Å². The van der Waals surface area contributed by atoms with Crippen LogP contribution in [0.15, 0.2) is 30.6 Å². The monoisotopic (exact) mass is 325 g/mol. The van der Waals surface area contributed by atoms with Gasteiger partial charge in [-0.15, -0.1) is 0 Å². The summed E-state index contributed by atoms with van der Waals surface area (Å²) in [5, 5.41) is 9.32. The Hall–Kier alpha value is -1.03. The molecule has 1 heterocycles. The Morgan fingerprint density at radius 3 is 2.71 bits per heavy atom. The molecule has 1 aromatic carbocycles. The molecule has 0 aliphatic carbocycles. The van der Waals surface area contributed by atoms with E-state index in [0.29, 0.717) is 10.0 Å². The van der Waals surface area contributed by atoms with E-state index in [2.05, 4.69) is 30.5 Å². The fraction of sp³-hybridized carbons (Fsp3) is 0.438. The minimum atomic E-state index is 0.212. The summed E-state index contributed by atoms with van der Waals surface area (Å²) < 4.78 is 1.94. The molecule has 0 fully saturated rings. The fourth-order valence-electron chi connectivity index (χ4n) is 2.27. The molecular weight excluding hydrogens is 305 g/mol. The Balaban J connectivity index is 2.19. The lowest BCUT2D eigenvalue weighted by Crippen LogP contribution is -2.24. The number of aromatic nitrogens is 2. The Morgan fingerprint density at radius 1 is 1.29 bits per heavy atom. The summed E-state index contributed by atoms with van der Waals surface area (Å²) in [5.41, 5.74) is 2.29. The van der Waals surface area contributed by atoms with Crippen LogP contribution in [-0.2, 0) is 13.0 Å².